The van der Waals surface area contributed by atoms with E-state index >= 15 is 0 Å². The van der Waals surface area contributed by atoms with Crippen LogP contribution < -0.4 is 0 Å². The molecule has 1 aliphatic carbocycles. The zero-order valence-corrected chi connectivity index (χ0v) is 15.5. The van der Waals surface area contributed by atoms with Crippen molar-refractivity contribution in [2.75, 3.05) is 39.8 Å². The van der Waals surface area contributed by atoms with Gasteiger partial charge < -0.3 is 4.90 Å². The van der Waals surface area contributed by atoms with E-state index < -0.39 is 0 Å². The first-order valence-electron chi connectivity index (χ1n) is 9.52. The van der Waals surface area contributed by atoms with Crippen molar-refractivity contribution < 1.29 is 9.18 Å². The summed E-state index contributed by atoms with van der Waals surface area (Å²) >= 11 is 0. The molecule has 0 radical (unpaired) electrons. The highest BCUT2D eigenvalue weighted by Crippen LogP contribution is 2.24. The van der Waals surface area contributed by atoms with Gasteiger partial charge in [0.25, 0.3) is 0 Å². The molecule has 1 aliphatic heterocycles. The summed E-state index contributed by atoms with van der Waals surface area (Å²) in [5.41, 5.74) is 0.961. The SMILES string of the molecule is CC(c1ccc(F)cc1)N(C)C(=O)CN1CCN(C2CCCC2)CC1. The van der Waals surface area contributed by atoms with Crippen LogP contribution >= 0.6 is 0 Å². The van der Waals surface area contributed by atoms with Crippen molar-refractivity contribution in [2.45, 2.75) is 44.7 Å². The molecule has 1 heterocycles. The van der Waals surface area contributed by atoms with Crippen molar-refractivity contribution >= 4 is 5.91 Å². The van der Waals surface area contributed by atoms with E-state index in [9.17, 15) is 9.18 Å². The maximum atomic E-state index is 13.1. The molecule has 0 bridgehead atoms. The summed E-state index contributed by atoms with van der Waals surface area (Å²) in [5.74, 6) is -0.115. The van der Waals surface area contributed by atoms with Crippen molar-refractivity contribution in [1.82, 2.24) is 14.7 Å². The van der Waals surface area contributed by atoms with Gasteiger partial charge >= 0.3 is 0 Å². The van der Waals surface area contributed by atoms with Crippen LogP contribution in [0.4, 0.5) is 4.39 Å². The standard InChI is InChI=1S/C20H30FN3O/c1-16(17-7-9-18(21)10-8-17)22(2)20(25)15-23-11-13-24(14-12-23)19-5-3-4-6-19/h7-10,16,19H,3-6,11-15H2,1-2H3. The Labute approximate surface area is 150 Å². The minimum atomic E-state index is -0.245. The lowest BCUT2D eigenvalue weighted by Gasteiger charge is -2.38. The van der Waals surface area contributed by atoms with E-state index in [2.05, 4.69) is 9.80 Å². The molecule has 1 aromatic carbocycles. The quantitative estimate of drug-likeness (QED) is 0.819. The summed E-state index contributed by atoms with van der Waals surface area (Å²) < 4.78 is 13.1. The Bertz CT molecular complexity index is 563. The van der Waals surface area contributed by atoms with Crippen LogP contribution in [0.2, 0.25) is 0 Å². The molecule has 2 fully saturated rings. The molecule has 0 aromatic heterocycles. The van der Waals surface area contributed by atoms with Gasteiger partial charge in [0, 0.05) is 39.3 Å². The molecule has 138 valence electrons. The fourth-order valence-electron chi connectivity index (χ4n) is 4.04. The number of rotatable bonds is 5. The lowest BCUT2D eigenvalue weighted by Crippen LogP contribution is -2.52. The summed E-state index contributed by atoms with van der Waals surface area (Å²) in [7, 11) is 1.84. The maximum absolute atomic E-state index is 13.1. The Kier molecular flexibility index (Phi) is 6.07. The highest BCUT2D eigenvalue weighted by atomic mass is 19.1. The first-order chi connectivity index (χ1) is 12.0. The van der Waals surface area contributed by atoms with Crippen LogP contribution in [0.5, 0.6) is 0 Å². The van der Waals surface area contributed by atoms with Crippen LogP contribution in [-0.2, 0) is 4.79 Å². The van der Waals surface area contributed by atoms with E-state index in [0.717, 1.165) is 37.8 Å². The fraction of sp³-hybridized carbons (Fsp3) is 0.650. The van der Waals surface area contributed by atoms with Gasteiger partial charge in [-0.25, -0.2) is 4.39 Å². The number of amides is 1. The summed E-state index contributed by atoms with van der Waals surface area (Å²) in [4.78, 5) is 19.3. The lowest BCUT2D eigenvalue weighted by molar-refractivity contribution is -0.133. The number of carbonyl (C=O) groups excluding carboxylic acids is 1. The van der Waals surface area contributed by atoms with Gasteiger partial charge in [0.2, 0.25) is 5.91 Å². The Morgan fingerprint density at radius 2 is 1.76 bits per heavy atom. The summed E-state index contributed by atoms with van der Waals surface area (Å²) in [6.07, 6.45) is 5.43. The van der Waals surface area contributed by atoms with E-state index in [0.29, 0.717) is 6.54 Å². The molecule has 0 N–H and O–H groups in total. The van der Waals surface area contributed by atoms with Crippen LogP contribution in [0.15, 0.2) is 24.3 Å². The van der Waals surface area contributed by atoms with E-state index in [4.69, 9.17) is 0 Å². The molecule has 1 saturated carbocycles. The van der Waals surface area contributed by atoms with Gasteiger partial charge in [-0.2, -0.15) is 0 Å². The molecular weight excluding hydrogens is 317 g/mol. The zero-order chi connectivity index (χ0) is 17.8. The average Bonchev–Trinajstić information content (AvgIpc) is 3.16. The second kappa shape index (κ2) is 8.28. The second-order valence-corrected chi connectivity index (χ2v) is 7.48. The molecule has 3 rings (SSSR count). The molecule has 2 aliphatic rings. The third kappa shape index (κ3) is 4.59. The van der Waals surface area contributed by atoms with Crippen molar-refractivity contribution in [3.05, 3.63) is 35.6 Å². The molecule has 1 aromatic rings. The van der Waals surface area contributed by atoms with Crippen LogP contribution in [0.25, 0.3) is 0 Å². The maximum Gasteiger partial charge on any atom is 0.236 e. The Hall–Kier alpha value is -1.46. The van der Waals surface area contributed by atoms with Gasteiger partial charge in [-0.15, -0.1) is 0 Å². The molecule has 1 atom stereocenters. The van der Waals surface area contributed by atoms with Crippen LogP contribution in [0.3, 0.4) is 0 Å². The highest BCUT2D eigenvalue weighted by molar-refractivity contribution is 5.78. The molecule has 0 spiro atoms. The average molecular weight is 347 g/mol. The topological polar surface area (TPSA) is 26.8 Å². The zero-order valence-electron chi connectivity index (χ0n) is 15.5. The number of hydrogen-bond acceptors (Lipinski definition) is 3. The number of nitrogens with zero attached hydrogens (tertiary/aromatic N) is 3. The van der Waals surface area contributed by atoms with Gasteiger partial charge in [0.15, 0.2) is 0 Å². The normalized spacial score (nSPS) is 21.4. The van der Waals surface area contributed by atoms with Gasteiger partial charge in [-0.05, 0) is 37.5 Å². The van der Waals surface area contributed by atoms with Crippen LogP contribution in [0.1, 0.15) is 44.2 Å². The van der Waals surface area contributed by atoms with E-state index in [-0.39, 0.29) is 17.8 Å². The van der Waals surface area contributed by atoms with Crippen LogP contribution in [-0.4, -0.2) is 66.4 Å². The third-order valence-electron chi connectivity index (χ3n) is 5.93. The fourth-order valence-corrected chi connectivity index (χ4v) is 4.04. The van der Waals surface area contributed by atoms with E-state index in [1.165, 1.54) is 37.8 Å². The number of likely N-dealkylation sites (N-methyl/N-ethyl adjacent to an activating group) is 1. The molecular formula is C20H30FN3O. The van der Waals surface area contributed by atoms with Gasteiger partial charge in [-0.3, -0.25) is 14.6 Å². The molecule has 4 nitrogen and oxygen atoms in total. The van der Waals surface area contributed by atoms with Crippen LogP contribution in [0, 0.1) is 5.82 Å². The number of carbonyl (C=O) groups is 1. The summed E-state index contributed by atoms with van der Waals surface area (Å²) in [6, 6.07) is 7.14. The largest absolute Gasteiger partial charge is 0.338 e. The predicted octanol–water partition coefficient (Wildman–Crippen LogP) is 2.91. The number of benzene rings is 1. The predicted molar refractivity (Wildman–Crippen MR) is 97.9 cm³/mol. The van der Waals surface area contributed by atoms with E-state index in [1.807, 2.05) is 14.0 Å². The lowest BCUT2D eigenvalue weighted by atomic mass is 10.1. The highest BCUT2D eigenvalue weighted by Gasteiger charge is 2.27. The van der Waals surface area contributed by atoms with Gasteiger partial charge in [0.05, 0.1) is 12.6 Å². The summed E-state index contributed by atoms with van der Waals surface area (Å²) in [6.45, 7) is 6.57. The van der Waals surface area contributed by atoms with Crippen molar-refractivity contribution in [1.29, 1.82) is 0 Å². The molecule has 25 heavy (non-hydrogen) atoms. The molecule has 5 heteroatoms. The third-order valence-corrected chi connectivity index (χ3v) is 5.93. The first-order valence-corrected chi connectivity index (χ1v) is 9.52. The van der Waals surface area contributed by atoms with E-state index in [1.54, 1.807) is 17.0 Å². The van der Waals surface area contributed by atoms with Crippen molar-refractivity contribution in [3.63, 3.8) is 0 Å². The molecule has 1 unspecified atom stereocenters. The molecule has 1 amide bonds. The second-order valence-electron chi connectivity index (χ2n) is 7.48. The Morgan fingerprint density at radius 1 is 1.16 bits per heavy atom. The number of hydrogen-bond donors (Lipinski definition) is 0. The monoisotopic (exact) mass is 347 g/mol. The van der Waals surface area contributed by atoms with Gasteiger partial charge in [0.1, 0.15) is 5.82 Å². The Morgan fingerprint density at radius 3 is 2.36 bits per heavy atom. The van der Waals surface area contributed by atoms with Crippen molar-refractivity contribution in [2.24, 2.45) is 0 Å². The van der Waals surface area contributed by atoms with Gasteiger partial charge in [-0.1, -0.05) is 25.0 Å². The smallest absolute Gasteiger partial charge is 0.236 e. The minimum Gasteiger partial charge on any atom is -0.338 e. The molecule has 1 saturated heterocycles. The minimum absolute atomic E-state index is 0.0483. The van der Waals surface area contributed by atoms with Crippen molar-refractivity contribution in [3.8, 4) is 0 Å². The number of piperazine rings is 1. The summed E-state index contributed by atoms with van der Waals surface area (Å²) in [5, 5.41) is 0. The number of halogens is 1. The first kappa shape index (κ1) is 18.3. The Balaban J connectivity index is 1.47.